The van der Waals surface area contributed by atoms with Gasteiger partial charge >= 0.3 is 5.97 Å². The van der Waals surface area contributed by atoms with E-state index in [2.05, 4.69) is 0 Å². The molecule has 0 aliphatic rings. The van der Waals surface area contributed by atoms with Crippen LogP contribution in [-0.4, -0.2) is 38.0 Å². The summed E-state index contributed by atoms with van der Waals surface area (Å²) in [6.07, 6.45) is 0.859. The van der Waals surface area contributed by atoms with Crippen molar-refractivity contribution in [3.05, 3.63) is 29.8 Å². The van der Waals surface area contributed by atoms with Crippen LogP contribution in [0.25, 0.3) is 0 Å². The molecule has 0 saturated carbocycles. The number of carbonyl (C=O) groups is 1. The van der Waals surface area contributed by atoms with Crippen LogP contribution >= 0.6 is 0 Å². The smallest absolute Gasteiger partial charge is 0.335 e. The molecule has 19 heavy (non-hydrogen) atoms. The first-order chi connectivity index (χ1) is 8.86. The first kappa shape index (κ1) is 15.7. The molecule has 1 aromatic carbocycles. The normalized spacial score (nSPS) is 13.2. The Hall–Kier alpha value is -1.40. The van der Waals surface area contributed by atoms with E-state index in [-0.39, 0.29) is 28.9 Å². The standard InChI is InChI=1S/C13H18O5S/c1-3-10(2)18-8-9-19(16,17)12-6-4-11(5-7-12)13(14)15/h4-7,10H,3,8-9H2,1-2H3,(H,14,15). The maximum absolute atomic E-state index is 12.0. The van der Waals surface area contributed by atoms with Crippen molar-refractivity contribution in [2.75, 3.05) is 12.4 Å². The number of carboxylic acid groups (broad SMARTS) is 1. The number of sulfone groups is 1. The zero-order chi connectivity index (χ0) is 14.5. The molecule has 0 radical (unpaired) electrons. The fraction of sp³-hybridized carbons (Fsp3) is 0.462. The molecule has 0 amide bonds. The highest BCUT2D eigenvalue weighted by Crippen LogP contribution is 2.13. The van der Waals surface area contributed by atoms with Gasteiger partial charge in [0.05, 0.1) is 28.9 Å². The van der Waals surface area contributed by atoms with Crippen molar-refractivity contribution in [1.29, 1.82) is 0 Å². The van der Waals surface area contributed by atoms with E-state index < -0.39 is 15.8 Å². The number of carboxylic acids is 1. The van der Waals surface area contributed by atoms with Gasteiger partial charge in [-0.1, -0.05) is 6.92 Å². The van der Waals surface area contributed by atoms with Crippen molar-refractivity contribution < 1.29 is 23.1 Å². The van der Waals surface area contributed by atoms with E-state index >= 15 is 0 Å². The molecule has 0 saturated heterocycles. The van der Waals surface area contributed by atoms with Gasteiger partial charge in [-0.05, 0) is 37.6 Å². The fourth-order valence-corrected chi connectivity index (χ4v) is 2.50. The highest BCUT2D eigenvalue weighted by atomic mass is 32.2. The molecule has 1 atom stereocenters. The number of hydrogen-bond donors (Lipinski definition) is 1. The van der Waals surface area contributed by atoms with Gasteiger partial charge < -0.3 is 9.84 Å². The Morgan fingerprint density at radius 1 is 1.32 bits per heavy atom. The Kier molecular flexibility index (Phi) is 5.50. The molecule has 106 valence electrons. The zero-order valence-corrected chi connectivity index (χ0v) is 11.8. The summed E-state index contributed by atoms with van der Waals surface area (Å²) in [4.78, 5) is 10.8. The lowest BCUT2D eigenvalue weighted by molar-refractivity contribution is 0.0696. The Morgan fingerprint density at radius 2 is 1.89 bits per heavy atom. The lowest BCUT2D eigenvalue weighted by Crippen LogP contribution is -2.16. The van der Waals surface area contributed by atoms with Gasteiger partial charge in [0.15, 0.2) is 9.84 Å². The van der Waals surface area contributed by atoms with Crippen molar-refractivity contribution in [2.45, 2.75) is 31.3 Å². The molecular formula is C13H18O5S. The molecule has 1 aromatic rings. The van der Waals surface area contributed by atoms with E-state index in [1.807, 2.05) is 13.8 Å². The van der Waals surface area contributed by atoms with Gasteiger partial charge in [-0.25, -0.2) is 13.2 Å². The Morgan fingerprint density at radius 3 is 2.37 bits per heavy atom. The zero-order valence-electron chi connectivity index (χ0n) is 11.0. The Bertz CT molecular complexity index is 518. The van der Waals surface area contributed by atoms with E-state index in [0.29, 0.717) is 0 Å². The van der Waals surface area contributed by atoms with Gasteiger partial charge in [0.25, 0.3) is 0 Å². The highest BCUT2D eigenvalue weighted by Gasteiger charge is 2.15. The SMILES string of the molecule is CCC(C)OCCS(=O)(=O)c1ccc(C(=O)O)cc1. The van der Waals surface area contributed by atoms with E-state index in [1.165, 1.54) is 24.3 Å². The van der Waals surface area contributed by atoms with Gasteiger partial charge in [0, 0.05) is 0 Å². The summed E-state index contributed by atoms with van der Waals surface area (Å²) in [6, 6.07) is 5.18. The third-order valence-corrected chi connectivity index (χ3v) is 4.48. The quantitative estimate of drug-likeness (QED) is 0.829. The largest absolute Gasteiger partial charge is 0.478 e. The van der Waals surface area contributed by atoms with Gasteiger partial charge in [-0.15, -0.1) is 0 Å². The Labute approximate surface area is 113 Å². The molecule has 1 unspecified atom stereocenters. The summed E-state index contributed by atoms with van der Waals surface area (Å²) in [7, 11) is -3.42. The predicted molar refractivity (Wildman–Crippen MR) is 71.2 cm³/mol. The second kappa shape index (κ2) is 6.68. The number of hydrogen-bond acceptors (Lipinski definition) is 4. The lowest BCUT2D eigenvalue weighted by atomic mass is 10.2. The predicted octanol–water partition coefficient (Wildman–Crippen LogP) is 1.97. The minimum absolute atomic E-state index is 0.0320. The van der Waals surface area contributed by atoms with E-state index in [1.54, 1.807) is 0 Å². The van der Waals surface area contributed by atoms with Gasteiger partial charge in [0.1, 0.15) is 0 Å². The average molecular weight is 286 g/mol. The Balaban J connectivity index is 2.69. The first-order valence-corrected chi connectivity index (χ1v) is 7.69. The summed E-state index contributed by atoms with van der Waals surface area (Å²) >= 11 is 0. The van der Waals surface area contributed by atoms with E-state index in [9.17, 15) is 13.2 Å². The number of benzene rings is 1. The second-order valence-electron chi connectivity index (χ2n) is 4.24. The van der Waals surface area contributed by atoms with Crippen LogP contribution in [0.5, 0.6) is 0 Å². The van der Waals surface area contributed by atoms with E-state index in [4.69, 9.17) is 9.84 Å². The van der Waals surface area contributed by atoms with Crippen molar-refractivity contribution in [3.63, 3.8) is 0 Å². The lowest BCUT2D eigenvalue weighted by Gasteiger charge is -2.10. The van der Waals surface area contributed by atoms with Crippen molar-refractivity contribution in [3.8, 4) is 0 Å². The molecule has 0 aromatic heterocycles. The van der Waals surface area contributed by atoms with Gasteiger partial charge in [0.2, 0.25) is 0 Å². The molecule has 5 nitrogen and oxygen atoms in total. The minimum atomic E-state index is -3.42. The van der Waals surface area contributed by atoms with Crippen LogP contribution in [-0.2, 0) is 14.6 Å². The fourth-order valence-electron chi connectivity index (χ4n) is 1.40. The second-order valence-corrected chi connectivity index (χ2v) is 6.35. The average Bonchev–Trinajstić information content (AvgIpc) is 2.38. The number of aromatic carboxylic acids is 1. The van der Waals surface area contributed by atoms with Crippen LogP contribution in [0.3, 0.4) is 0 Å². The topological polar surface area (TPSA) is 80.7 Å². The molecule has 0 fully saturated rings. The summed E-state index contributed by atoms with van der Waals surface area (Å²) < 4.78 is 29.2. The molecule has 1 N–H and O–H groups in total. The van der Waals surface area contributed by atoms with Crippen LogP contribution < -0.4 is 0 Å². The first-order valence-electron chi connectivity index (χ1n) is 6.04. The van der Waals surface area contributed by atoms with Crippen LogP contribution in [0.15, 0.2) is 29.2 Å². The van der Waals surface area contributed by atoms with Gasteiger partial charge in [-0.2, -0.15) is 0 Å². The van der Waals surface area contributed by atoms with Crippen molar-refractivity contribution in [1.82, 2.24) is 0 Å². The molecule has 0 aliphatic carbocycles. The van der Waals surface area contributed by atoms with E-state index in [0.717, 1.165) is 6.42 Å². The van der Waals surface area contributed by atoms with Crippen molar-refractivity contribution in [2.24, 2.45) is 0 Å². The third kappa shape index (κ3) is 4.65. The molecule has 0 spiro atoms. The van der Waals surface area contributed by atoms with Crippen molar-refractivity contribution >= 4 is 15.8 Å². The maximum atomic E-state index is 12.0. The van der Waals surface area contributed by atoms with Crippen LogP contribution in [0.4, 0.5) is 0 Å². The number of rotatable bonds is 7. The van der Waals surface area contributed by atoms with Crippen LogP contribution in [0, 0.1) is 0 Å². The molecule has 0 heterocycles. The van der Waals surface area contributed by atoms with Gasteiger partial charge in [-0.3, -0.25) is 0 Å². The molecule has 6 heteroatoms. The number of ether oxygens (including phenoxy) is 1. The summed E-state index contributed by atoms with van der Waals surface area (Å²) in [5, 5.41) is 8.74. The molecular weight excluding hydrogens is 268 g/mol. The minimum Gasteiger partial charge on any atom is -0.478 e. The molecule has 1 rings (SSSR count). The summed E-state index contributed by atoms with van der Waals surface area (Å²) in [5.41, 5.74) is 0.0646. The third-order valence-electron chi connectivity index (χ3n) is 2.79. The summed E-state index contributed by atoms with van der Waals surface area (Å²) in [5.74, 6) is -1.19. The monoisotopic (exact) mass is 286 g/mol. The maximum Gasteiger partial charge on any atom is 0.335 e. The highest BCUT2D eigenvalue weighted by molar-refractivity contribution is 7.91. The van der Waals surface area contributed by atoms with Crippen LogP contribution in [0.2, 0.25) is 0 Å². The summed E-state index contributed by atoms with van der Waals surface area (Å²) in [6.45, 7) is 3.98. The van der Waals surface area contributed by atoms with Crippen LogP contribution in [0.1, 0.15) is 30.6 Å². The molecule has 0 aliphatic heterocycles. The molecule has 0 bridgehead atoms.